The van der Waals surface area contributed by atoms with E-state index in [0.29, 0.717) is 5.56 Å². The van der Waals surface area contributed by atoms with Crippen molar-refractivity contribution in [2.75, 3.05) is 0 Å². The Hall–Kier alpha value is -1.72. The molecule has 4 nitrogen and oxygen atoms in total. The minimum absolute atomic E-state index is 0.0374. The van der Waals surface area contributed by atoms with Crippen molar-refractivity contribution in [2.24, 2.45) is 5.18 Å². The zero-order chi connectivity index (χ0) is 10.2. The van der Waals surface area contributed by atoms with Gasteiger partial charge in [0.1, 0.15) is 6.54 Å². The van der Waals surface area contributed by atoms with Gasteiger partial charge in [-0.15, -0.1) is 8.78 Å². The number of hydrogen-bond donors (Lipinski definition) is 0. The van der Waals surface area contributed by atoms with Gasteiger partial charge < -0.3 is 9.47 Å². The SMILES string of the molecule is O=NCc1ccc2c(c1)OC(F)(F)O2. The minimum Gasteiger partial charge on any atom is -0.395 e. The van der Waals surface area contributed by atoms with Gasteiger partial charge in [0, 0.05) is 0 Å². The molecule has 1 heterocycles. The van der Waals surface area contributed by atoms with Crippen molar-refractivity contribution < 1.29 is 18.3 Å². The number of nitroso groups, excluding NO2 is 1. The molecule has 1 aliphatic rings. The highest BCUT2D eigenvalue weighted by Gasteiger charge is 2.43. The van der Waals surface area contributed by atoms with Gasteiger partial charge in [0.2, 0.25) is 0 Å². The smallest absolute Gasteiger partial charge is 0.395 e. The lowest BCUT2D eigenvalue weighted by Gasteiger charge is -2.04. The van der Waals surface area contributed by atoms with Gasteiger partial charge in [0.05, 0.1) is 0 Å². The molecule has 0 saturated carbocycles. The van der Waals surface area contributed by atoms with Crippen LogP contribution in [0, 0.1) is 4.91 Å². The first-order chi connectivity index (χ1) is 6.61. The van der Waals surface area contributed by atoms with E-state index in [2.05, 4.69) is 14.7 Å². The summed E-state index contributed by atoms with van der Waals surface area (Å²) in [4.78, 5) is 9.93. The highest BCUT2D eigenvalue weighted by Crippen LogP contribution is 2.41. The fraction of sp³-hybridized carbons (Fsp3) is 0.250. The van der Waals surface area contributed by atoms with E-state index < -0.39 is 6.29 Å². The molecule has 74 valence electrons. The molecule has 0 saturated heterocycles. The Morgan fingerprint density at radius 3 is 2.71 bits per heavy atom. The fourth-order valence-electron chi connectivity index (χ4n) is 1.17. The van der Waals surface area contributed by atoms with Gasteiger partial charge in [-0.3, -0.25) is 0 Å². The number of ether oxygens (including phenoxy) is 2. The van der Waals surface area contributed by atoms with Crippen LogP contribution in [-0.4, -0.2) is 6.29 Å². The number of hydrogen-bond acceptors (Lipinski definition) is 4. The third-order valence-electron chi connectivity index (χ3n) is 1.71. The van der Waals surface area contributed by atoms with Crippen LogP contribution in [0.15, 0.2) is 23.4 Å². The van der Waals surface area contributed by atoms with Crippen LogP contribution in [0.25, 0.3) is 0 Å². The second-order valence-corrected chi connectivity index (χ2v) is 2.74. The van der Waals surface area contributed by atoms with E-state index >= 15 is 0 Å². The lowest BCUT2D eigenvalue weighted by molar-refractivity contribution is -0.286. The first-order valence-corrected chi connectivity index (χ1v) is 3.78. The summed E-state index contributed by atoms with van der Waals surface area (Å²) in [5, 5.41) is 2.63. The van der Waals surface area contributed by atoms with Crippen LogP contribution in [0.5, 0.6) is 11.5 Å². The topological polar surface area (TPSA) is 47.9 Å². The summed E-state index contributed by atoms with van der Waals surface area (Å²) in [6.45, 7) is -0.0811. The molecular formula is C8H5F2NO3. The summed E-state index contributed by atoms with van der Waals surface area (Å²) < 4.78 is 33.4. The van der Waals surface area contributed by atoms with Crippen molar-refractivity contribution in [3.63, 3.8) is 0 Å². The summed E-state index contributed by atoms with van der Waals surface area (Å²) in [7, 11) is 0. The van der Waals surface area contributed by atoms with E-state index in [9.17, 15) is 13.7 Å². The van der Waals surface area contributed by atoms with Crippen molar-refractivity contribution in [2.45, 2.75) is 12.8 Å². The van der Waals surface area contributed by atoms with E-state index in [1.807, 2.05) is 0 Å². The maximum absolute atomic E-state index is 12.5. The van der Waals surface area contributed by atoms with Crippen LogP contribution >= 0.6 is 0 Å². The summed E-state index contributed by atoms with van der Waals surface area (Å²) in [5.41, 5.74) is 0.500. The van der Waals surface area contributed by atoms with E-state index in [1.165, 1.54) is 18.2 Å². The van der Waals surface area contributed by atoms with E-state index in [-0.39, 0.29) is 18.0 Å². The maximum Gasteiger partial charge on any atom is 0.586 e. The normalized spacial score (nSPS) is 16.7. The van der Waals surface area contributed by atoms with Crippen molar-refractivity contribution in [1.82, 2.24) is 0 Å². The molecule has 0 radical (unpaired) electrons. The monoisotopic (exact) mass is 201 g/mol. The Morgan fingerprint density at radius 1 is 1.29 bits per heavy atom. The van der Waals surface area contributed by atoms with E-state index in [4.69, 9.17) is 0 Å². The molecule has 0 N–H and O–H groups in total. The van der Waals surface area contributed by atoms with E-state index in [1.54, 1.807) is 0 Å². The zero-order valence-electron chi connectivity index (χ0n) is 6.87. The van der Waals surface area contributed by atoms with Gasteiger partial charge in [-0.25, -0.2) is 0 Å². The van der Waals surface area contributed by atoms with Gasteiger partial charge in [-0.05, 0) is 17.7 Å². The standard InChI is InChI=1S/C8H5F2NO3/c9-8(10)13-6-2-1-5(4-11-12)3-7(6)14-8/h1-3H,4H2. The van der Waals surface area contributed by atoms with Crippen LogP contribution in [0.1, 0.15) is 5.56 Å². The number of fused-ring (bicyclic) bond motifs is 1. The maximum atomic E-state index is 12.5. The van der Waals surface area contributed by atoms with Gasteiger partial charge in [-0.1, -0.05) is 11.2 Å². The van der Waals surface area contributed by atoms with Crippen molar-refractivity contribution in [1.29, 1.82) is 0 Å². The number of alkyl halides is 2. The van der Waals surface area contributed by atoms with Gasteiger partial charge >= 0.3 is 6.29 Å². The van der Waals surface area contributed by atoms with Crippen LogP contribution in [-0.2, 0) is 6.54 Å². The summed E-state index contributed by atoms with van der Waals surface area (Å²) in [6.07, 6.45) is -3.62. The number of halogens is 2. The first-order valence-electron chi connectivity index (χ1n) is 3.78. The third-order valence-corrected chi connectivity index (χ3v) is 1.71. The van der Waals surface area contributed by atoms with Crippen LogP contribution < -0.4 is 9.47 Å². The lowest BCUT2D eigenvalue weighted by Crippen LogP contribution is -2.25. The second-order valence-electron chi connectivity index (χ2n) is 2.74. The van der Waals surface area contributed by atoms with Gasteiger partial charge in [0.25, 0.3) is 0 Å². The summed E-state index contributed by atoms with van der Waals surface area (Å²) in [5.74, 6) is -0.110. The molecule has 0 aliphatic carbocycles. The molecule has 14 heavy (non-hydrogen) atoms. The Balaban J connectivity index is 2.30. The molecule has 2 rings (SSSR count). The molecule has 0 bridgehead atoms. The number of rotatable bonds is 2. The molecule has 0 unspecified atom stereocenters. The Kier molecular flexibility index (Phi) is 1.83. The summed E-state index contributed by atoms with van der Waals surface area (Å²) in [6, 6.07) is 4.10. The zero-order valence-corrected chi connectivity index (χ0v) is 6.87. The highest BCUT2D eigenvalue weighted by molar-refractivity contribution is 5.45. The molecular weight excluding hydrogens is 196 g/mol. The molecule has 0 fully saturated rings. The summed E-state index contributed by atoms with van der Waals surface area (Å²) >= 11 is 0. The average molecular weight is 201 g/mol. The Labute approximate surface area is 77.4 Å². The highest BCUT2D eigenvalue weighted by atomic mass is 19.3. The van der Waals surface area contributed by atoms with Crippen molar-refractivity contribution in [3.05, 3.63) is 28.7 Å². The molecule has 0 amide bonds. The Morgan fingerprint density at radius 2 is 2.00 bits per heavy atom. The molecule has 0 atom stereocenters. The number of benzene rings is 1. The molecule has 6 heteroatoms. The Bertz CT molecular complexity index is 381. The molecule has 1 aliphatic heterocycles. The third kappa shape index (κ3) is 1.50. The number of nitrogens with zero attached hydrogens (tertiary/aromatic N) is 1. The average Bonchev–Trinajstić information content (AvgIpc) is 2.38. The van der Waals surface area contributed by atoms with Crippen LogP contribution in [0.4, 0.5) is 8.78 Å². The van der Waals surface area contributed by atoms with Crippen molar-refractivity contribution in [3.8, 4) is 11.5 Å². The molecule has 1 aromatic rings. The van der Waals surface area contributed by atoms with Crippen LogP contribution in [0.3, 0.4) is 0 Å². The van der Waals surface area contributed by atoms with Crippen molar-refractivity contribution >= 4 is 0 Å². The predicted molar refractivity (Wildman–Crippen MR) is 42.1 cm³/mol. The van der Waals surface area contributed by atoms with E-state index in [0.717, 1.165) is 0 Å². The van der Waals surface area contributed by atoms with Gasteiger partial charge in [0.15, 0.2) is 11.5 Å². The quantitative estimate of drug-likeness (QED) is 0.689. The predicted octanol–water partition coefficient (Wildman–Crippen LogP) is 2.27. The molecule has 0 aromatic heterocycles. The fourth-order valence-corrected chi connectivity index (χ4v) is 1.17. The molecule has 1 aromatic carbocycles. The van der Waals surface area contributed by atoms with Crippen LogP contribution in [0.2, 0.25) is 0 Å². The first kappa shape index (κ1) is 8.86. The second kappa shape index (κ2) is 2.90. The molecule has 0 spiro atoms. The minimum atomic E-state index is -3.62. The van der Waals surface area contributed by atoms with Gasteiger partial charge in [-0.2, -0.15) is 4.91 Å². The largest absolute Gasteiger partial charge is 0.586 e. The lowest BCUT2D eigenvalue weighted by atomic mass is 10.2.